The Balaban J connectivity index is 1.48. The van der Waals surface area contributed by atoms with Gasteiger partial charge >= 0.3 is 0 Å². The van der Waals surface area contributed by atoms with Gasteiger partial charge in [0.05, 0.1) is 6.20 Å². The number of piperazine rings is 1. The molecule has 24 heavy (non-hydrogen) atoms. The molecule has 2 heterocycles. The van der Waals surface area contributed by atoms with Crippen molar-refractivity contribution < 1.29 is 9.90 Å². The van der Waals surface area contributed by atoms with Crippen LogP contribution in [0.5, 0.6) is 5.75 Å². The lowest BCUT2D eigenvalue weighted by atomic mass is 10.1. The number of aromatic nitrogens is 1. The second-order valence-electron chi connectivity index (χ2n) is 6.23. The summed E-state index contributed by atoms with van der Waals surface area (Å²) < 4.78 is 0. The molecule has 126 valence electrons. The Kier molecular flexibility index (Phi) is 4.99. The Bertz CT molecular complexity index is 675. The van der Waals surface area contributed by atoms with Gasteiger partial charge in [0, 0.05) is 32.6 Å². The van der Waals surface area contributed by atoms with E-state index in [4.69, 9.17) is 0 Å². The van der Waals surface area contributed by atoms with Crippen molar-refractivity contribution >= 4 is 11.7 Å². The van der Waals surface area contributed by atoms with Crippen LogP contribution in [0.3, 0.4) is 0 Å². The number of hydrogen-bond donors (Lipinski definition) is 1. The summed E-state index contributed by atoms with van der Waals surface area (Å²) in [5.41, 5.74) is 2.45. The molecule has 0 saturated carbocycles. The summed E-state index contributed by atoms with van der Waals surface area (Å²) >= 11 is 0. The lowest BCUT2D eigenvalue weighted by Gasteiger charge is -2.35. The summed E-state index contributed by atoms with van der Waals surface area (Å²) in [6, 6.07) is 11.8. The average Bonchev–Trinajstić information content (AvgIpc) is 2.62. The van der Waals surface area contributed by atoms with Crippen LogP contribution < -0.4 is 4.90 Å². The minimum atomic E-state index is 0.170. The molecule has 0 spiro atoms. The Morgan fingerprint density at radius 2 is 1.79 bits per heavy atom. The summed E-state index contributed by atoms with van der Waals surface area (Å²) in [6.45, 7) is 5.05. The van der Waals surface area contributed by atoms with Gasteiger partial charge in [0.25, 0.3) is 0 Å². The minimum Gasteiger partial charge on any atom is -0.506 e. The SMILES string of the molecule is Cc1ccc(CCC(=O)N2CCN(c3ccc(O)cn3)CC2)cc1. The van der Waals surface area contributed by atoms with E-state index in [1.807, 2.05) is 11.0 Å². The molecule has 5 nitrogen and oxygen atoms in total. The van der Waals surface area contributed by atoms with Crippen LogP contribution in [0.2, 0.25) is 0 Å². The second-order valence-corrected chi connectivity index (χ2v) is 6.23. The van der Waals surface area contributed by atoms with E-state index < -0.39 is 0 Å². The first-order chi connectivity index (χ1) is 11.6. The maximum absolute atomic E-state index is 12.4. The van der Waals surface area contributed by atoms with Crippen molar-refractivity contribution in [2.75, 3.05) is 31.1 Å². The van der Waals surface area contributed by atoms with Crippen molar-refractivity contribution in [3.05, 3.63) is 53.7 Å². The van der Waals surface area contributed by atoms with Gasteiger partial charge in [-0.25, -0.2) is 4.98 Å². The molecule has 0 radical (unpaired) electrons. The van der Waals surface area contributed by atoms with E-state index in [1.54, 1.807) is 6.07 Å². The third-order valence-corrected chi connectivity index (χ3v) is 4.44. The van der Waals surface area contributed by atoms with Crippen molar-refractivity contribution in [2.45, 2.75) is 19.8 Å². The van der Waals surface area contributed by atoms with Gasteiger partial charge in [-0.3, -0.25) is 4.79 Å². The summed E-state index contributed by atoms with van der Waals surface area (Å²) in [4.78, 5) is 20.7. The van der Waals surface area contributed by atoms with E-state index in [0.717, 1.165) is 38.4 Å². The average molecular weight is 325 g/mol. The number of benzene rings is 1. The Morgan fingerprint density at radius 1 is 1.08 bits per heavy atom. The number of hydrogen-bond acceptors (Lipinski definition) is 4. The van der Waals surface area contributed by atoms with Crippen LogP contribution in [-0.4, -0.2) is 47.1 Å². The number of carbonyl (C=O) groups excluding carboxylic acids is 1. The van der Waals surface area contributed by atoms with E-state index in [2.05, 4.69) is 41.1 Å². The zero-order valence-corrected chi connectivity index (χ0v) is 14.0. The van der Waals surface area contributed by atoms with E-state index in [0.29, 0.717) is 6.42 Å². The third kappa shape index (κ3) is 4.04. The lowest BCUT2D eigenvalue weighted by molar-refractivity contribution is -0.131. The molecule has 1 aliphatic heterocycles. The van der Waals surface area contributed by atoms with Crippen molar-refractivity contribution in [3.8, 4) is 5.75 Å². The topological polar surface area (TPSA) is 56.7 Å². The van der Waals surface area contributed by atoms with E-state index in [9.17, 15) is 9.90 Å². The van der Waals surface area contributed by atoms with Crippen molar-refractivity contribution in [2.24, 2.45) is 0 Å². The Labute approximate surface area is 142 Å². The zero-order chi connectivity index (χ0) is 16.9. The first kappa shape index (κ1) is 16.3. The fourth-order valence-electron chi connectivity index (χ4n) is 2.91. The molecular formula is C19H23N3O2. The van der Waals surface area contributed by atoms with Crippen LogP contribution >= 0.6 is 0 Å². The van der Waals surface area contributed by atoms with Gasteiger partial charge in [-0.05, 0) is 31.0 Å². The summed E-state index contributed by atoms with van der Waals surface area (Å²) in [5.74, 6) is 1.23. The number of pyridine rings is 1. The number of aromatic hydroxyl groups is 1. The minimum absolute atomic E-state index is 0.170. The van der Waals surface area contributed by atoms with Crippen molar-refractivity contribution in [1.29, 1.82) is 0 Å². The van der Waals surface area contributed by atoms with Gasteiger partial charge in [-0.2, -0.15) is 0 Å². The number of carbonyl (C=O) groups is 1. The number of rotatable bonds is 4. The number of anilines is 1. The maximum atomic E-state index is 12.4. The van der Waals surface area contributed by atoms with E-state index in [1.165, 1.54) is 17.3 Å². The van der Waals surface area contributed by atoms with Crippen molar-refractivity contribution in [1.82, 2.24) is 9.88 Å². The predicted molar refractivity (Wildman–Crippen MR) is 94.2 cm³/mol. The fraction of sp³-hybridized carbons (Fsp3) is 0.368. The number of amides is 1. The molecule has 5 heteroatoms. The molecular weight excluding hydrogens is 302 g/mol. The molecule has 0 atom stereocenters. The van der Waals surface area contributed by atoms with Crippen LogP contribution in [0, 0.1) is 6.92 Å². The molecule has 1 aromatic heterocycles. The molecule has 3 rings (SSSR count). The van der Waals surface area contributed by atoms with Crippen LogP contribution in [0.4, 0.5) is 5.82 Å². The zero-order valence-electron chi connectivity index (χ0n) is 14.0. The Morgan fingerprint density at radius 3 is 2.42 bits per heavy atom. The monoisotopic (exact) mass is 325 g/mol. The van der Waals surface area contributed by atoms with Crippen molar-refractivity contribution in [3.63, 3.8) is 0 Å². The maximum Gasteiger partial charge on any atom is 0.223 e. The van der Waals surface area contributed by atoms with E-state index >= 15 is 0 Å². The van der Waals surface area contributed by atoms with Crippen LogP contribution in [0.25, 0.3) is 0 Å². The molecule has 0 aliphatic carbocycles. The van der Waals surface area contributed by atoms with Gasteiger partial charge in [0.1, 0.15) is 11.6 Å². The molecule has 0 bridgehead atoms. The highest BCUT2D eigenvalue weighted by molar-refractivity contribution is 5.76. The Hall–Kier alpha value is -2.56. The predicted octanol–water partition coefficient (Wildman–Crippen LogP) is 2.38. The largest absolute Gasteiger partial charge is 0.506 e. The molecule has 1 N–H and O–H groups in total. The van der Waals surface area contributed by atoms with E-state index in [-0.39, 0.29) is 11.7 Å². The number of aryl methyl sites for hydroxylation is 2. The first-order valence-corrected chi connectivity index (χ1v) is 8.35. The fourth-order valence-corrected chi connectivity index (χ4v) is 2.91. The molecule has 1 saturated heterocycles. The normalized spacial score (nSPS) is 14.7. The highest BCUT2D eigenvalue weighted by Gasteiger charge is 2.21. The first-order valence-electron chi connectivity index (χ1n) is 8.35. The van der Waals surface area contributed by atoms with Gasteiger partial charge in [-0.15, -0.1) is 0 Å². The molecule has 1 fully saturated rings. The third-order valence-electron chi connectivity index (χ3n) is 4.44. The standard InChI is InChI=1S/C19H23N3O2/c1-15-2-4-16(5-3-15)6-9-19(24)22-12-10-21(11-13-22)18-8-7-17(23)14-20-18/h2-5,7-8,14,23H,6,9-13H2,1H3. The molecule has 1 amide bonds. The summed E-state index contributed by atoms with van der Waals surface area (Å²) in [6.07, 6.45) is 2.80. The summed E-state index contributed by atoms with van der Waals surface area (Å²) in [7, 11) is 0. The second kappa shape index (κ2) is 7.34. The summed E-state index contributed by atoms with van der Waals surface area (Å²) in [5, 5.41) is 9.30. The quantitative estimate of drug-likeness (QED) is 0.938. The van der Waals surface area contributed by atoms with Crippen LogP contribution in [0.1, 0.15) is 17.5 Å². The molecule has 1 aromatic carbocycles. The molecule has 0 unspecified atom stereocenters. The lowest BCUT2D eigenvalue weighted by Crippen LogP contribution is -2.49. The highest BCUT2D eigenvalue weighted by atomic mass is 16.3. The smallest absolute Gasteiger partial charge is 0.223 e. The van der Waals surface area contributed by atoms with Gasteiger partial charge < -0.3 is 14.9 Å². The number of nitrogens with zero attached hydrogens (tertiary/aromatic N) is 3. The van der Waals surface area contributed by atoms with Crippen LogP contribution in [0.15, 0.2) is 42.6 Å². The van der Waals surface area contributed by atoms with Crippen LogP contribution in [-0.2, 0) is 11.2 Å². The molecule has 2 aromatic rings. The van der Waals surface area contributed by atoms with Gasteiger partial charge in [0.15, 0.2) is 0 Å². The van der Waals surface area contributed by atoms with Gasteiger partial charge in [-0.1, -0.05) is 29.8 Å². The molecule has 1 aliphatic rings. The highest BCUT2D eigenvalue weighted by Crippen LogP contribution is 2.17. The van der Waals surface area contributed by atoms with Gasteiger partial charge in [0.2, 0.25) is 5.91 Å².